The van der Waals surface area contributed by atoms with Crippen molar-refractivity contribution in [1.82, 2.24) is 20.4 Å². The lowest BCUT2D eigenvalue weighted by atomic mass is 10.1. The van der Waals surface area contributed by atoms with Crippen LogP contribution in [0.3, 0.4) is 0 Å². The van der Waals surface area contributed by atoms with Crippen molar-refractivity contribution in [3.05, 3.63) is 18.5 Å². The number of guanidine groups is 1. The molecule has 1 aromatic heterocycles. The van der Waals surface area contributed by atoms with E-state index in [2.05, 4.69) is 41.5 Å². The van der Waals surface area contributed by atoms with Gasteiger partial charge in [-0.1, -0.05) is 39.5 Å². The van der Waals surface area contributed by atoms with Crippen molar-refractivity contribution < 1.29 is 0 Å². The molecule has 0 aliphatic rings. The third-order valence-electron chi connectivity index (χ3n) is 3.77. The minimum Gasteiger partial charge on any atom is -0.356 e. The Labute approximate surface area is 135 Å². The van der Waals surface area contributed by atoms with Crippen LogP contribution >= 0.6 is 0 Å². The number of nitrogens with zero attached hydrogens (tertiary/aromatic N) is 3. The average Bonchev–Trinajstić information content (AvgIpc) is 3.00. The molecule has 126 valence electrons. The molecule has 22 heavy (non-hydrogen) atoms. The van der Waals surface area contributed by atoms with Crippen molar-refractivity contribution in [1.29, 1.82) is 0 Å². The molecular formula is C17H33N5. The second kappa shape index (κ2) is 11.1. The molecule has 0 radical (unpaired) electrons. The maximum absolute atomic E-state index is 4.31. The van der Waals surface area contributed by atoms with Crippen LogP contribution in [-0.4, -0.2) is 35.4 Å². The summed E-state index contributed by atoms with van der Waals surface area (Å²) in [6, 6.07) is 2.42. The highest BCUT2D eigenvalue weighted by atomic mass is 15.3. The zero-order chi connectivity index (χ0) is 16.2. The normalized spacial score (nSPS) is 14.6. The van der Waals surface area contributed by atoms with Gasteiger partial charge in [0.2, 0.25) is 0 Å². The van der Waals surface area contributed by atoms with Crippen molar-refractivity contribution in [2.45, 2.75) is 65.5 Å². The molecule has 0 saturated heterocycles. The number of rotatable bonds is 10. The summed E-state index contributed by atoms with van der Waals surface area (Å²) >= 11 is 0. The van der Waals surface area contributed by atoms with E-state index in [0.717, 1.165) is 19.0 Å². The van der Waals surface area contributed by atoms with Gasteiger partial charge >= 0.3 is 0 Å². The molecule has 1 aromatic rings. The maximum Gasteiger partial charge on any atom is 0.191 e. The Kier molecular flexibility index (Phi) is 9.35. The van der Waals surface area contributed by atoms with Crippen LogP contribution in [-0.2, 0) is 6.54 Å². The first-order valence-corrected chi connectivity index (χ1v) is 8.60. The Morgan fingerprint density at radius 3 is 2.73 bits per heavy atom. The molecule has 1 heterocycles. The van der Waals surface area contributed by atoms with Gasteiger partial charge in [0.05, 0.1) is 0 Å². The molecule has 2 N–H and O–H groups in total. The SMILES string of the molecule is CCCCCCC(C)NC(=NC)NCC(C)Cn1cccn1. The Morgan fingerprint density at radius 2 is 2.09 bits per heavy atom. The van der Waals surface area contributed by atoms with Crippen LogP contribution in [0, 0.1) is 5.92 Å². The molecule has 2 unspecified atom stereocenters. The molecule has 0 spiro atoms. The fourth-order valence-corrected chi connectivity index (χ4v) is 2.44. The number of aliphatic imine (C=N–C) groups is 1. The summed E-state index contributed by atoms with van der Waals surface area (Å²) in [4.78, 5) is 4.31. The van der Waals surface area contributed by atoms with Gasteiger partial charge in [-0.05, 0) is 25.3 Å². The van der Waals surface area contributed by atoms with Crippen LogP contribution in [0.2, 0.25) is 0 Å². The second-order valence-corrected chi connectivity index (χ2v) is 6.18. The monoisotopic (exact) mass is 307 g/mol. The van der Waals surface area contributed by atoms with Crippen LogP contribution < -0.4 is 10.6 Å². The van der Waals surface area contributed by atoms with Gasteiger partial charge < -0.3 is 10.6 Å². The Morgan fingerprint density at radius 1 is 1.27 bits per heavy atom. The highest BCUT2D eigenvalue weighted by molar-refractivity contribution is 5.79. The Bertz CT molecular complexity index is 399. The molecule has 0 aliphatic carbocycles. The molecule has 5 heteroatoms. The minimum absolute atomic E-state index is 0.462. The fourth-order valence-electron chi connectivity index (χ4n) is 2.44. The molecular weight excluding hydrogens is 274 g/mol. The molecule has 0 fully saturated rings. The Balaban J connectivity index is 2.21. The lowest BCUT2D eigenvalue weighted by molar-refractivity contribution is 0.441. The molecule has 5 nitrogen and oxygen atoms in total. The van der Waals surface area contributed by atoms with E-state index in [1.54, 1.807) is 0 Å². The maximum atomic E-state index is 4.31. The number of hydrogen-bond acceptors (Lipinski definition) is 2. The van der Waals surface area contributed by atoms with Crippen LogP contribution in [0.15, 0.2) is 23.5 Å². The Hall–Kier alpha value is -1.52. The third kappa shape index (κ3) is 8.05. The molecule has 0 aromatic carbocycles. The standard InChI is InChI=1S/C17H33N5/c1-5-6-7-8-10-16(3)21-17(18-4)19-13-15(2)14-22-12-9-11-20-22/h9,11-12,15-16H,5-8,10,13-14H2,1-4H3,(H2,18,19,21). The van der Waals surface area contributed by atoms with Gasteiger partial charge in [-0.3, -0.25) is 9.67 Å². The van der Waals surface area contributed by atoms with Crippen molar-refractivity contribution in [3.8, 4) is 0 Å². The number of nitrogens with one attached hydrogen (secondary N) is 2. The fraction of sp³-hybridized carbons (Fsp3) is 0.765. The molecule has 0 amide bonds. The molecule has 2 atom stereocenters. The first-order chi connectivity index (χ1) is 10.7. The van der Waals surface area contributed by atoms with Gasteiger partial charge in [-0.25, -0.2) is 0 Å². The zero-order valence-electron chi connectivity index (χ0n) is 14.7. The van der Waals surface area contributed by atoms with E-state index in [4.69, 9.17) is 0 Å². The third-order valence-corrected chi connectivity index (χ3v) is 3.77. The highest BCUT2D eigenvalue weighted by Crippen LogP contribution is 2.05. The van der Waals surface area contributed by atoms with Gasteiger partial charge in [0.25, 0.3) is 0 Å². The molecule has 0 bridgehead atoms. The van der Waals surface area contributed by atoms with Gasteiger partial charge in [-0.15, -0.1) is 0 Å². The summed E-state index contributed by atoms with van der Waals surface area (Å²) in [5.74, 6) is 1.40. The zero-order valence-corrected chi connectivity index (χ0v) is 14.7. The summed E-state index contributed by atoms with van der Waals surface area (Å²) in [5.41, 5.74) is 0. The van der Waals surface area contributed by atoms with Crippen molar-refractivity contribution in [2.75, 3.05) is 13.6 Å². The van der Waals surface area contributed by atoms with E-state index >= 15 is 0 Å². The van der Waals surface area contributed by atoms with E-state index in [0.29, 0.717) is 12.0 Å². The van der Waals surface area contributed by atoms with Crippen LogP contribution in [0.4, 0.5) is 0 Å². The van der Waals surface area contributed by atoms with Gasteiger partial charge in [0, 0.05) is 38.6 Å². The smallest absolute Gasteiger partial charge is 0.191 e. The van der Waals surface area contributed by atoms with E-state index in [9.17, 15) is 0 Å². The quantitative estimate of drug-likeness (QED) is 0.397. The van der Waals surface area contributed by atoms with Crippen molar-refractivity contribution in [2.24, 2.45) is 10.9 Å². The minimum atomic E-state index is 0.462. The summed E-state index contributed by atoms with van der Waals surface area (Å²) in [5, 5.41) is 11.1. The van der Waals surface area contributed by atoms with Crippen LogP contribution in [0.1, 0.15) is 52.9 Å². The average molecular weight is 307 g/mol. The van der Waals surface area contributed by atoms with E-state index < -0.39 is 0 Å². The van der Waals surface area contributed by atoms with Crippen molar-refractivity contribution in [3.63, 3.8) is 0 Å². The van der Waals surface area contributed by atoms with Gasteiger partial charge in [0.15, 0.2) is 5.96 Å². The lowest BCUT2D eigenvalue weighted by Crippen LogP contribution is -2.44. The highest BCUT2D eigenvalue weighted by Gasteiger charge is 2.08. The lowest BCUT2D eigenvalue weighted by Gasteiger charge is -2.20. The predicted octanol–water partition coefficient (Wildman–Crippen LogP) is 3.04. The summed E-state index contributed by atoms with van der Waals surface area (Å²) in [6.45, 7) is 8.51. The van der Waals surface area contributed by atoms with Crippen LogP contribution in [0.25, 0.3) is 0 Å². The number of hydrogen-bond donors (Lipinski definition) is 2. The predicted molar refractivity (Wildman–Crippen MR) is 94.1 cm³/mol. The van der Waals surface area contributed by atoms with Crippen LogP contribution in [0.5, 0.6) is 0 Å². The summed E-state index contributed by atoms with van der Waals surface area (Å²) in [6.07, 6.45) is 10.3. The van der Waals surface area contributed by atoms with Gasteiger partial charge in [0.1, 0.15) is 0 Å². The topological polar surface area (TPSA) is 54.2 Å². The largest absolute Gasteiger partial charge is 0.356 e. The molecule has 0 saturated carbocycles. The van der Waals surface area contributed by atoms with E-state index in [-0.39, 0.29) is 0 Å². The number of unbranched alkanes of at least 4 members (excludes halogenated alkanes) is 3. The number of aromatic nitrogens is 2. The van der Waals surface area contributed by atoms with E-state index in [1.165, 1.54) is 32.1 Å². The summed E-state index contributed by atoms with van der Waals surface area (Å²) in [7, 11) is 1.83. The van der Waals surface area contributed by atoms with Crippen molar-refractivity contribution >= 4 is 5.96 Å². The molecule has 1 rings (SSSR count). The summed E-state index contributed by atoms with van der Waals surface area (Å²) < 4.78 is 1.97. The first-order valence-electron chi connectivity index (χ1n) is 8.60. The van der Waals surface area contributed by atoms with E-state index in [1.807, 2.05) is 30.2 Å². The second-order valence-electron chi connectivity index (χ2n) is 6.18. The molecule has 0 aliphatic heterocycles. The first kappa shape index (κ1) is 18.5. The van der Waals surface area contributed by atoms with Gasteiger partial charge in [-0.2, -0.15) is 5.10 Å².